The van der Waals surface area contributed by atoms with E-state index in [9.17, 15) is 14.4 Å². The molecule has 2 N–H and O–H groups in total. The molecule has 0 aliphatic heterocycles. The van der Waals surface area contributed by atoms with Gasteiger partial charge in [-0.2, -0.15) is 0 Å². The molecule has 0 bridgehead atoms. The lowest BCUT2D eigenvalue weighted by atomic mass is 10.3. The molecule has 0 heterocycles. The number of amides is 2. The van der Waals surface area contributed by atoms with Crippen LogP contribution in [0, 0.1) is 0 Å². The predicted octanol–water partition coefficient (Wildman–Crippen LogP) is 2.91. The van der Waals surface area contributed by atoms with E-state index in [4.69, 9.17) is 17.1 Å². The van der Waals surface area contributed by atoms with E-state index in [2.05, 4.69) is 63.0 Å². The molecule has 0 saturated heterocycles. The molecule has 1 atom stereocenters. The minimum Gasteiger partial charge on any atom is -0.456 e. The van der Waals surface area contributed by atoms with Gasteiger partial charge in [-0.1, -0.05) is 6.58 Å². The second kappa shape index (κ2) is 18.1. The fourth-order valence-corrected chi connectivity index (χ4v) is 22.6. The van der Waals surface area contributed by atoms with Crippen molar-refractivity contribution >= 4 is 52.3 Å². The summed E-state index contributed by atoms with van der Waals surface area (Å²) < 4.78 is 26.3. The molecule has 0 spiro atoms. The van der Waals surface area contributed by atoms with Crippen LogP contribution in [0.25, 0.3) is 0 Å². The number of quaternary nitrogens is 2. The van der Waals surface area contributed by atoms with Crippen molar-refractivity contribution in [2.24, 2.45) is 0 Å². The van der Waals surface area contributed by atoms with Crippen molar-refractivity contribution in [3.8, 4) is 0 Å². The summed E-state index contributed by atoms with van der Waals surface area (Å²) in [4.78, 5) is 36.4. The highest BCUT2D eigenvalue weighted by atomic mass is 28.5. The van der Waals surface area contributed by atoms with Crippen molar-refractivity contribution in [3.05, 3.63) is 12.2 Å². The zero-order valence-electron chi connectivity index (χ0n) is 29.6. The van der Waals surface area contributed by atoms with Crippen LogP contribution in [0.15, 0.2) is 12.2 Å². The Morgan fingerprint density at radius 3 is 1.81 bits per heavy atom. The first-order valence-electron chi connectivity index (χ1n) is 15.4. The minimum absolute atomic E-state index is 0.0425. The number of ether oxygens (including phenoxy) is 1. The van der Waals surface area contributed by atoms with Crippen LogP contribution in [0.1, 0.15) is 19.8 Å². The van der Waals surface area contributed by atoms with E-state index in [0.717, 1.165) is 24.9 Å². The van der Waals surface area contributed by atoms with E-state index in [1.165, 1.54) is 0 Å². The summed E-state index contributed by atoms with van der Waals surface area (Å²) in [7, 11) is 1.47. The zero-order valence-corrected chi connectivity index (χ0v) is 33.8. The Kier molecular flexibility index (Phi) is 17.6. The van der Waals surface area contributed by atoms with Crippen LogP contribution in [-0.4, -0.2) is 136 Å². The van der Waals surface area contributed by atoms with E-state index in [1.807, 2.05) is 35.2 Å². The number of likely N-dealkylation sites (N-methyl/N-ethyl adjacent to an activating group) is 2. The normalized spacial score (nSPS) is 14.3. The number of hydrogen-bond acceptors (Lipinski definition) is 7. The van der Waals surface area contributed by atoms with Crippen LogP contribution in [0.5, 0.6) is 0 Å². The van der Waals surface area contributed by atoms with Crippen molar-refractivity contribution in [2.75, 3.05) is 74.6 Å². The molecule has 0 fully saturated rings. The summed E-state index contributed by atoms with van der Waals surface area (Å²) in [5.41, 5.74) is 0.364. The summed E-state index contributed by atoms with van der Waals surface area (Å²) in [5, 5.41) is 6.07. The third-order valence-corrected chi connectivity index (χ3v) is 20.9. The molecular weight excluding hydrogens is 617 g/mol. The Labute approximate surface area is 267 Å². The maximum Gasteiger partial charge on any atom is 0.333 e. The maximum atomic E-state index is 12.6. The van der Waals surface area contributed by atoms with Gasteiger partial charge in [0.2, 0.25) is 0 Å². The lowest BCUT2D eigenvalue weighted by molar-refractivity contribution is -0.882. The maximum absolute atomic E-state index is 12.6. The molecule has 0 aromatic heterocycles. The zero-order chi connectivity index (χ0) is 33.7. The van der Waals surface area contributed by atoms with Crippen molar-refractivity contribution in [2.45, 2.75) is 77.7 Å². The van der Waals surface area contributed by atoms with Gasteiger partial charge in [0.25, 0.3) is 11.8 Å². The lowest BCUT2D eigenvalue weighted by Crippen LogP contribution is -2.56. The number of nitrogens with zero attached hydrogens (tertiary/aromatic N) is 2. The number of carbonyl (C=O) groups is 3. The standard InChI is InChI=1S/C28H62N4O7Si4/c1-25(2)28(35)36-20-19-32(6,7)24-27(34)30-18-16-22-43(14,37-40(8)9)39-42(12,13)38-41(10,11)21-15-17-29-26(33)23-31(3,4)5/h40H,1,15-24H2,2-14H3/p+2. The summed E-state index contributed by atoms with van der Waals surface area (Å²) in [6.45, 7) is 23.0. The van der Waals surface area contributed by atoms with Crippen LogP contribution in [0.3, 0.4) is 0 Å². The first kappa shape index (κ1) is 41.8. The van der Waals surface area contributed by atoms with Crippen LogP contribution in [-0.2, 0) is 31.5 Å². The van der Waals surface area contributed by atoms with Gasteiger partial charge in [-0.25, -0.2) is 4.79 Å². The Balaban J connectivity index is 4.84. The summed E-state index contributed by atoms with van der Waals surface area (Å²) >= 11 is 0. The highest BCUT2D eigenvalue weighted by Crippen LogP contribution is 2.27. The molecule has 0 aromatic rings. The molecule has 0 aromatic carbocycles. The molecule has 15 heteroatoms. The Hall–Kier alpha value is -1.18. The van der Waals surface area contributed by atoms with Crippen molar-refractivity contribution in [3.63, 3.8) is 0 Å². The van der Waals surface area contributed by atoms with E-state index in [0.29, 0.717) is 40.7 Å². The van der Waals surface area contributed by atoms with Crippen LogP contribution >= 0.6 is 0 Å². The number of hydrogen-bond donors (Lipinski definition) is 2. The van der Waals surface area contributed by atoms with Gasteiger partial charge in [0.15, 0.2) is 30.4 Å². The molecule has 0 radical (unpaired) electrons. The number of nitrogens with one attached hydrogen (secondary N) is 2. The molecule has 1 unspecified atom stereocenters. The van der Waals surface area contributed by atoms with Gasteiger partial charge in [0.05, 0.1) is 35.2 Å². The van der Waals surface area contributed by atoms with Crippen molar-refractivity contribution in [1.82, 2.24) is 10.6 Å². The van der Waals surface area contributed by atoms with E-state index < -0.39 is 40.4 Å². The molecule has 252 valence electrons. The minimum atomic E-state index is -2.53. The van der Waals surface area contributed by atoms with Crippen LogP contribution in [0.4, 0.5) is 0 Å². The average Bonchev–Trinajstić information content (AvgIpc) is 2.76. The fraction of sp³-hybridized carbons (Fsp3) is 0.821. The highest BCUT2D eigenvalue weighted by molar-refractivity contribution is 6.87. The van der Waals surface area contributed by atoms with Crippen molar-refractivity contribution in [1.29, 1.82) is 0 Å². The van der Waals surface area contributed by atoms with Gasteiger partial charge in [0.1, 0.15) is 13.2 Å². The third kappa shape index (κ3) is 22.0. The third-order valence-electron chi connectivity index (χ3n) is 6.34. The quantitative estimate of drug-likeness (QED) is 0.0595. The molecule has 43 heavy (non-hydrogen) atoms. The molecular formula is C28H64N4O7Si4+2. The van der Waals surface area contributed by atoms with Crippen molar-refractivity contribution < 1.29 is 40.4 Å². The lowest BCUT2D eigenvalue weighted by Gasteiger charge is -2.40. The Morgan fingerprint density at radius 2 is 1.33 bits per heavy atom. The van der Waals surface area contributed by atoms with Gasteiger partial charge in [0, 0.05) is 18.7 Å². The second-order valence-electron chi connectivity index (χ2n) is 14.8. The molecule has 0 aliphatic carbocycles. The molecule has 0 saturated carbocycles. The van der Waals surface area contributed by atoms with E-state index in [-0.39, 0.29) is 25.0 Å². The van der Waals surface area contributed by atoms with Gasteiger partial charge < -0.3 is 36.7 Å². The number of rotatable bonds is 22. The molecule has 11 nitrogen and oxygen atoms in total. The van der Waals surface area contributed by atoms with Crippen LogP contribution in [0.2, 0.25) is 57.9 Å². The first-order valence-corrected chi connectivity index (χ1v) is 26.7. The Morgan fingerprint density at radius 1 is 0.814 bits per heavy atom. The van der Waals surface area contributed by atoms with Gasteiger partial charge in [-0.3, -0.25) is 9.59 Å². The van der Waals surface area contributed by atoms with E-state index in [1.54, 1.807) is 6.92 Å². The van der Waals surface area contributed by atoms with E-state index >= 15 is 0 Å². The molecule has 2 amide bonds. The Bertz CT molecular complexity index is 927. The van der Waals surface area contributed by atoms with Gasteiger partial charge in [-0.15, -0.1) is 0 Å². The SMILES string of the molecule is C=C(C)C(=O)OCC[N+](C)(C)CC(=O)NCCC[Si](C)(O[SiH](C)C)O[Si](C)(C)O[Si](C)(C)CCCNC(=O)C[N+](C)(C)C. The summed E-state index contributed by atoms with van der Waals surface area (Å²) in [5.74, 6) is -0.382. The predicted molar refractivity (Wildman–Crippen MR) is 184 cm³/mol. The summed E-state index contributed by atoms with van der Waals surface area (Å²) in [6, 6.07) is 1.71. The molecule has 0 aliphatic rings. The topological polar surface area (TPSA) is 112 Å². The summed E-state index contributed by atoms with van der Waals surface area (Å²) in [6.07, 6.45) is 1.64. The fourth-order valence-electron chi connectivity index (χ4n) is 4.79. The van der Waals surface area contributed by atoms with Gasteiger partial charge >= 0.3 is 23.1 Å². The van der Waals surface area contributed by atoms with Crippen LogP contribution < -0.4 is 10.6 Å². The monoisotopic (exact) mass is 680 g/mol. The van der Waals surface area contributed by atoms with Gasteiger partial charge in [-0.05, 0) is 77.7 Å². The molecule has 0 rings (SSSR count). The smallest absolute Gasteiger partial charge is 0.333 e. The first-order chi connectivity index (χ1) is 19.4. The second-order valence-corrected chi connectivity index (χ2v) is 29.0. The average molecular weight is 681 g/mol. The number of carbonyl (C=O) groups excluding carboxylic acids is 3. The number of esters is 1. The highest BCUT2D eigenvalue weighted by Gasteiger charge is 2.43. The largest absolute Gasteiger partial charge is 0.456 e.